The third-order valence-corrected chi connectivity index (χ3v) is 4.97. The molecule has 7 heteroatoms. The van der Waals surface area contributed by atoms with Gasteiger partial charge in [-0.15, -0.1) is 0 Å². The predicted molar refractivity (Wildman–Crippen MR) is 114 cm³/mol. The van der Waals surface area contributed by atoms with Crippen molar-refractivity contribution in [2.45, 2.75) is 6.04 Å². The molecule has 1 aliphatic heterocycles. The van der Waals surface area contributed by atoms with Crippen molar-refractivity contribution in [3.63, 3.8) is 0 Å². The number of carbonyl (C=O) groups is 2. The van der Waals surface area contributed by atoms with Gasteiger partial charge < -0.3 is 19.5 Å². The van der Waals surface area contributed by atoms with Crippen LogP contribution in [0.5, 0.6) is 5.75 Å². The van der Waals surface area contributed by atoms with Gasteiger partial charge in [-0.2, -0.15) is 0 Å². The highest BCUT2D eigenvalue weighted by atomic mass is 35.5. The number of rotatable bonds is 8. The van der Waals surface area contributed by atoms with Crippen molar-refractivity contribution < 1.29 is 24.2 Å². The largest absolute Gasteiger partial charge is 0.507 e. The normalized spacial score (nSPS) is 17.9. The van der Waals surface area contributed by atoms with E-state index in [1.807, 2.05) is 0 Å². The molecule has 1 atom stereocenters. The number of nitrogens with zero attached hydrogens (tertiary/aromatic N) is 1. The molecule has 0 saturated carbocycles. The summed E-state index contributed by atoms with van der Waals surface area (Å²) in [4.78, 5) is 27.0. The topological polar surface area (TPSA) is 76.1 Å². The molecule has 2 aromatic rings. The van der Waals surface area contributed by atoms with Gasteiger partial charge in [0.1, 0.15) is 18.1 Å². The zero-order chi connectivity index (χ0) is 21.7. The summed E-state index contributed by atoms with van der Waals surface area (Å²) >= 11 is 6.14. The molecule has 3 rings (SSSR count). The van der Waals surface area contributed by atoms with Gasteiger partial charge in [-0.25, -0.2) is 0 Å². The van der Waals surface area contributed by atoms with E-state index in [4.69, 9.17) is 21.1 Å². The van der Waals surface area contributed by atoms with Crippen molar-refractivity contribution in [3.8, 4) is 5.75 Å². The van der Waals surface area contributed by atoms with E-state index in [0.29, 0.717) is 28.5 Å². The first-order valence-electron chi connectivity index (χ1n) is 9.35. The third kappa shape index (κ3) is 4.40. The molecule has 6 nitrogen and oxygen atoms in total. The number of methoxy groups -OCH3 is 1. The lowest BCUT2D eigenvalue weighted by atomic mass is 9.95. The van der Waals surface area contributed by atoms with Crippen molar-refractivity contribution in [1.82, 2.24) is 4.90 Å². The first-order chi connectivity index (χ1) is 14.5. The number of amides is 1. The fraction of sp³-hybridized carbons (Fsp3) is 0.217. The van der Waals surface area contributed by atoms with Crippen molar-refractivity contribution in [1.29, 1.82) is 0 Å². The summed E-state index contributed by atoms with van der Waals surface area (Å²) in [6, 6.07) is 12.7. The number of likely N-dealkylation sites (tertiary alicyclic amines) is 1. The van der Waals surface area contributed by atoms with Crippen molar-refractivity contribution >= 4 is 29.1 Å². The van der Waals surface area contributed by atoms with Crippen LogP contribution in [0.3, 0.4) is 0 Å². The first-order valence-corrected chi connectivity index (χ1v) is 9.72. The minimum absolute atomic E-state index is 0.0122. The molecule has 0 unspecified atom stereocenters. The van der Waals surface area contributed by atoms with Gasteiger partial charge in [-0.05, 0) is 42.0 Å². The Labute approximate surface area is 180 Å². The molecular formula is C23H22ClNO5. The quantitative estimate of drug-likeness (QED) is 0.298. The Bertz CT molecular complexity index is 983. The number of aliphatic hydroxyl groups is 1. The van der Waals surface area contributed by atoms with E-state index in [0.717, 1.165) is 0 Å². The highest BCUT2D eigenvalue weighted by Gasteiger charge is 2.45. The average molecular weight is 428 g/mol. The van der Waals surface area contributed by atoms with Crippen LogP contribution < -0.4 is 4.74 Å². The molecule has 0 aliphatic carbocycles. The number of ketones is 1. The van der Waals surface area contributed by atoms with Crippen LogP contribution in [0.4, 0.5) is 0 Å². The van der Waals surface area contributed by atoms with E-state index in [-0.39, 0.29) is 24.5 Å². The monoisotopic (exact) mass is 427 g/mol. The van der Waals surface area contributed by atoms with Gasteiger partial charge in [0.15, 0.2) is 0 Å². The summed E-state index contributed by atoms with van der Waals surface area (Å²) in [5.41, 5.74) is 1.04. The number of hydrogen-bond acceptors (Lipinski definition) is 5. The van der Waals surface area contributed by atoms with E-state index >= 15 is 0 Å². The molecule has 1 heterocycles. The molecule has 1 amide bonds. The van der Waals surface area contributed by atoms with Gasteiger partial charge in [-0.1, -0.05) is 36.4 Å². The SMILES string of the molecule is C=CCOc1ccc(C(O)=C2C(=O)C(=O)N(CCOC)[C@@H]2c2cccc(Cl)c2)cc1. The second-order valence-corrected chi connectivity index (χ2v) is 7.10. The Kier molecular flexibility index (Phi) is 6.92. The minimum Gasteiger partial charge on any atom is -0.507 e. The van der Waals surface area contributed by atoms with E-state index in [2.05, 4.69) is 6.58 Å². The van der Waals surface area contributed by atoms with Gasteiger partial charge in [0, 0.05) is 24.2 Å². The number of benzene rings is 2. The van der Waals surface area contributed by atoms with Gasteiger partial charge in [0.2, 0.25) is 0 Å². The van der Waals surface area contributed by atoms with Crippen molar-refractivity contribution in [2.24, 2.45) is 0 Å². The van der Waals surface area contributed by atoms with Crippen LogP contribution in [-0.2, 0) is 14.3 Å². The van der Waals surface area contributed by atoms with Crippen LogP contribution in [0.1, 0.15) is 17.2 Å². The van der Waals surface area contributed by atoms with Gasteiger partial charge in [0.05, 0.1) is 18.2 Å². The lowest BCUT2D eigenvalue weighted by Gasteiger charge is -2.25. The Balaban J connectivity index is 2.07. The van der Waals surface area contributed by atoms with E-state index in [1.54, 1.807) is 54.6 Å². The molecule has 156 valence electrons. The second-order valence-electron chi connectivity index (χ2n) is 6.66. The van der Waals surface area contributed by atoms with E-state index in [1.165, 1.54) is 12.0 Å². The van der Waals surface area contributed by atoms with Gasteiger partial charge in [0.25, 0.3) is 11.7 Å². The second kappa shape index (κ2) is 9.61. The molecule has 1 saturated heterocycles. The van der Waals surface area contributed by atoms with Crippen LogP contribution in [0.25, 0.3) is 5.76 Å². The summed E-state index contributed by atoms with van der Waals surface area (Å²) in [5.74, 6) is -1.10. The maximum Gasteiger partial charge on any atom is 0.295 e. The molecule has 2 aromatic carbocycles. The number of hydrogen-bond donors (Lipinski definition) is 1. The summed E-state index contributed by atoms with van der Waals surface area (Å²) in [6.07, 6.45) is 1.63. The zero-order valence-electron chi connectivity index (χ0n) is 16.5. The fourth-order valence-electron chi connectivity index (χ4n) is 3.34. The highest BCUT2D eigenvalue weighted by Crippen LogP contribution is 2.39. The van der Waals surface area contributed by atoms with E-state index in [9.17, 15) is 14.7 Å². The molecule has 1 fully saturated rings. The average Bonchev–Trinajstić information content (AvgIpc) is 3.01. The molecule has 1 aliphatic rings. The van der Waals surface area contributed by atoms with Gasteiger partial charge in [-0.3, -0.25) is 9.59 Å². The zero-order valence-corrected chi connectivity index (χ0v) is 17.3. The molecule has 1 N–H and O–H groups in total. The van der Waals surface area contributed by atoms with Crippen LogP contribution in [-0.4, -0.2) is 48.6 Å². The molecular weight excluding hydrogens is 406 g/mol. The number of halogens is 1. The first kappa shape index (κ1) is 21.6. The van der Waals surface area contributed by atoms with Crippen LogP contribution >= 0.6 is 11.6 Å². The maximum atomic E-state index is 12.9. The molecule has 30 heavy (non-hydrogen) atoms. The number of carbonyl (C=O) groups excluding carboxylic acids is 2. The third-order valence-electron chi connectivity index (χ3n) is 4.74. The Morgan fingerprint density at radius 3 is 2.60 bits per heavy atom. The van der Waals surface area contributed by atoms with Gasteiger partial charge >= 0.3 is 0 Å². The number of aliphatic hydroxyl groups excluding tert-OH is 1. The predicted octanol–water partition coefficient (Wildman–Crippen LogP) is 3.97. The molecule has 0 bridgehead atoms. The van der Waals surface area contributed by atoms with Crippen molar-refractivity contribution in [3.05, 3.63) is 82.9 Å². The highest BCUT2D eigenvalue weighted by molar-refractivity contribution is 6.46. The van der Waals surface area contributed by atoms with Crippen molar-refractivity contribution in [2.75, 3.05) is 26.9 Å². The Morgan fingerprint density at radius 1 is 1.23 bits per heavy atom. The van der Waals surface area contributed by atoms with Crippen LogP contribution in [0, 0.1) is 0 Å². The Hall–Kier alpha value is -3.09. The van der Waals surface area contributed by atoms with Crippen LogP contribution in [0.2, 0.25) is 5.02 Å². The molecule has 0 radical (unpaired) electrons. The van der Waals surface area contributed by atoms with E-state index < -0.39 is 17.7 Å². The number of Topliss-reactive ketones (excluding diaryl/α,β-unsaturated/α-hetero) is 1. The minimum atomic E-state index is -0.768. The summed E-state index contributed by atoms with van der Waals surface area (Å²) in [6.45, 7) is 4.40. The summed E-state index contributed by atoms with van der Waals surface area (Å²) in [5, 5.41) is 11.4. The lowest BCUT2D eigenvalue weighted by Crippen LogP contribution is -2.32. The fourth-order valence-corrected chi connectivity index (χ4v) is 3.54. The summed E-state index contributed by atoms with van der Waals surface area (Å²) < 4.78 is 10.5. The summed E-state index contributed by atoms with van der Waals surface area (Å²) in [7, 11) is 1.51. The molecule has 0 spiro atoms. The molecule has 0 aromatic heterocycles. The lowest BCUT2D eigenvalue weighted by molar-refractivity contribution is -0.140. The van der Waals surface area contributed by atoms with Crippen LogP contribution in [0.15, 0.2) is 66.8 Å². The maximum absolute atomic E-state index is 12.9. The standard InChI is InChI=1S/C23H22ClNO5/c1-3-12-30-18-9-7-15(8-10-18)21(26)19-20(16-5-4-6-17(24)14-16)25(11-13-29-2)23(28)22(19)27/h3-10,14,20,26H,1,11-13H2,2H3/t20-/m1/s1. The number of ether oxygens (including phenoxy) is 2. The Morgan fingerprint density at radius 2 is 1.97 bits per heavy atom. The smallest absolute Gasteiger partial charge is 0.295 e.